The molecule has 0 atom stereocenters. The number of anilines is 1. The molecule has 2 N–H and O–H groups in total. The monoisotopic (exact) mass is 413 g/mol. The Bertz CT molecular complexity index is 1170. The van der Waals surface area contributed by atoms with Crippen LogP contribution >= 0.6 is 0 Å². The van der Waals surface area contributed by atoms with Crippen molar-refractivity contribution in [2.75, 3.05) is 17.9 Å². The highest BCUT2D eigenvalue weighted by Crippen LogP contribution is 2.44. The Kier molecular flexibility index (Phi) is 4.88. The van der Waals surface area contributed by atoms with Crippen LogP contribution in [0.5, 0.6) is 11.5 Å². The molecule has 0 aliphatic carbocycles. The van der Waals surface area contributed by atoms with E-state index in [0.29, 0.717) is 23.6 Å². The van der Waals surface area contributed by atoms with Gasteiger partial charge in [-0.25, -0.2) is 8.42 Å². The number of nitrogens with one attached hydrogen (secondary N) is 1. The van der Waals surface area contributed by atoms with Crippen molar-refractivity contribution in [1.82, 2.24) is 0 Å². The normalized spacial score (nSPS) is 15.0. The lowest BCUT2D eigenvalue weighted by molar-refractivity contribution is 0.129. The number of aliphatic hydroxyl groups is 1. The third-order valence-corrected chi connectivity index (χ3v) is 6.14. The zero-order valence-corrected chi connectivity index (χ0v) is 17.1. The summed E-state index contributed by atoms with van der Waals surface area (Å²) < 4.78 is 40.2. The van der Waals surface area contributed by atoms with Crippen molar-refractivity contribution >= 4 is 26.5 Å². The van der Waals surface area contributed by atoms with Crippen LogP contribution in [0, 0.1) is 0 Å². The van der Waals surface area contributed by atoms with Gasteiger partial charge in [0.25, 0.3) is 10.0 Å². The molecule has 1 heterocycles. The fraction of sp³-hybridized carbons (Fsp3) is 0.273. The van der Waals surface area contributed by atoms with E-state index in [2.05, 4.69) is 4.72 Å². The molecule has 152 valence electrons. The number of hydrogen-bond acceptors (Lipinski definition) is 5. The largest absolute Gasteiger partial charge is 0.487 e. The van der Waals surface area contributed by atoms with E-state index in [1.165, 1.54) is 0 Å². The Labute approximate surface area is 170 Å². The fourth-order valence-electron chi connectivity index (χ4n) is 3.55. The highest BCUT2D eigenvalue weighted by atomic mass is 32.2. The zero-order chi connectivity index (χ0) is 20.6. The maximum Gasteiger partial charge on any atom is 0.261 e. The Morgan fingerprint density at radius 3 is 2.62 bits per heavy atom. The Balaban J connectivity index is 1.69. The highest BCUT2D eigenvalue weighted by Gasteiger charge is 2.33. The molecule has 0 fully saturated rings. The third kappa shape index (κ3) is 4.02. The summed E-state index contributed by atoms with van der Waals surface area (Å²) in [6.07, 6.45) is 0.628. The number of fused-ring (bicyclic) bond motifs is 2. The summed E-state index contributed by atoms with van der Waals surface area (Å²) in [6.45, 7) is 3.87. The summed E-state index contributed by atoms with van der Waals surface area (Å²) in [4.78, 5) is 0.186. The van der Waals surface area contributed by atoms with Gasteiger partial charge in [0, 0.05) is 18.1 Å². The molecule has 0 saturated carbocycles. The van der Waals surface area contributed by atoms with Gasteiger partial charge in [-0.05, 0) is 42.8 Å². The van der Waals surface area contributed by atoms with Crippen LogP contribution in [-0.2, 0) is 16.4 Å². The minimum atomic E-state index is -3.78. The van der Waals surface area contributed by atoms with Crippen LogP contribution in [0.15, 0.2) is 59.5 Å². The van der Waals surface area contributed by atoms with Crippen molar-refractivity contribution in [3.05, 3.63) is 60.2 Å². The quantitative estimate of drug-likeness (QED) is 0.643. The van der Waals surface area contributed by atoms with E-state index < -0.39 is 15.6 Å². The topological polar surface area (TPSA) is 84.9 Å². The van der Waals surface area contributed by atoms with Gasteiger partial charge in [-0.15, -0.1) is 0 Å². The SMILES string of the molecule is CC1(C)Cc2cc(NS(=O)(=O)c3ccc4ccccc4c3)cc(OCCO)c2O1. The number of sulfonamides is 1. The van der Waals surface area contributed by atoms with Crippen LogP contribution < -0.4 is 14.2 Å². The lowest BCUT2D eigenvalue weighted by atomic mass is 10.0. The fourth-order valence-corrected chi connectivity index (χ4v) is 4.62. The second-order valence-corrected chi connectivity index (χ2v) is 9.37. The first-order chi connectivity index (χ1) is 13.8. The predicted molar refractivity (Wildman–Crippen MR) is 112 cm³/mol. The summed E-state index contributed by atoms with van der Waals surface area (Å²) in [5, 5.41) is 10.9. The molecular weight excluding hydrogens is 390 g/mol. The van der Waals surface area contributed by atoms with Gasteiger partial charge >= 0.3 is 0 Å². The molecule has 3 aromatic rings. The van der Waals surface area contributed by atoms with Gasteiger partial charge in [-0.1, -0.05) is 30.3 Å². The van der Waals surface area contributed by atoms with Crippen molar-refractivity contribution in [3.8, 4) is 11.5 Å². The summed E-state index contributed by atoms with van der Waals surface area (Å²) in [6, 6.07) is 16.0. The molecule has 0 aromatic heterocycles. The smallest absolute Gasteiger partial charge is 0.261 e. The van der Waals surface area contributed by atoms with Crippen LogP contribution in [0.2, 0.25) is 0 Å². The molecule has 3 aromatic carbocycles. The van der Waals surface area contributed by atoms with Gasteiger partial charge in [0.2, 0.25) is 0 Å². The van der Waals surface area contributed by atoms with Crippen LogP contribution in [-0.4, -0.2) is 32.3 Å². The molecule has 4 rings (SSSR count). The van der Waals surface area contributed by atoms with E-state index in [-0.39, 0.29) is 18.1 Å². The number of hydrogen-bond donors (Lipinski definition) is 2. The summed E-state index contributed by atoms with van der Waals surface area (Å²) in [5.74, 6) is 1.01. The van der Waals surface area contributed by atoms with Gasteiger partial charge in [0.1, 0.15) is 12.2 Å². The third-order valence-electron chi connectivity index (χ3n) is 4.76. The molecule has 0 spiro atoms. The molecular formula is C22H23NO5S. The molecule has 7 heteroatoms. The number of benzene rings is 3. The van der Waals surface area contributed by atoms with Gasteiger partial charge in [-0.3, -0.25) is 4.72 Å². The number of ether oxygens (including phenoxy) is 2. The highest BCUT2D eigenvalue weighted by molar-refractivity contribution is 7.92. The standard InChI is InChI=1S/C22H23NO5S/c1-22(2)14-17-11-18(13-20(21(17)28-22)27-10-9-24)23-29(25,26)19-8-7-15-5-3-4-6-16(15)12-19/h3-8,11-13,23-24H,9-10,14H2,1-2H3. The van der Waals surface area contributed by atoms with Gasteiger partial charge in [0.15, 0.2) is 11.5 Å². The second kappa shape index (κ2) is 7.24. The second-order valence-electron chi connectivity index (χ2n) is 7.69. The minimum absolute atomic E-state index is 0.0944. The van der Waals surface area contributed by atoms with Crippen LogP contribution in [0.25, 0.3) is 10.8 Å². The summed E-state index contributed by atoms with van der Waals surface area (Å²) in [5.41, 5.74) is 0.850. The van der Waals surface area contributed by atoms with E-state index in [1.54, 1.807) is 30.3 Å². The molecule has 0 radical (unpaired) electrons. The van der Waals surface area contributed by atoms with Crippen molar-refractivity contribution in [1.29, 1.82) is 0 Å². The van der Waals surface area contributed by atoms with Gasteiger partial charge in [-0.2, -0.15) is 0 Å². The summed E-state index contributed by atoms with van der Waals surface area (Å²) in [7, 11) is -3.78. The minimum Gasteiger partial charge on any atom is -0.487 e. The Hall–Kier alpha value is -2.77. The molecule has 1 aliphatic rings. The Morgan fingerprint density at radius 1 is 1.10 bits per heavy atom. The van der Waals surface area contributed by atoms with E-state index in [1.807, 2.05) is 38.1 Å². The molecule has 0 bridgehead atoms. The van der Waals surface area contributed by atoms with Crippen molar-refractivity contribution in [3.63, 3.8) is 0 Å². The summed E-state index contributed by atoms with van der Waals surface area (Å²) >= 11 is 0. The molecule has 6 nitrogen and oxygen atoms in total. The first-order valence-corrected chi connectivity index (χ1v) is 10.9. The van der Waals surface area contributed by atoms with E-state index in [0.717, 1.165) is 16.3 Å². The molecule has 1 aliphatic heterocycles. The molecule has 29 heavy (non-hydrogen) atoms. The lowest BCUT2D eigenvalue weighted by Gasteiger charge is -2.18. The van der Waals surface area contributed by atoms with E-state index in [4.69, 9.17) is 14.6 Å². The average molecular weight is 413 g/mol. The maximum absolute atomic E-state index is 13.0. The van der Waals surface area contributed by atoms with Crippen LogP contribution in [0.1, 0.15) is 19.4 Å². The average Bonchev–Trinajstić information content (AvgIpc) is 2.99. The predicted octanol–water partition coefficient (Wildman–Crippen LogP) is 3.73. The van der Waals surface area contributed by atoms with Gasteiger partial charge in [0.05, 0.1) is 17.2 Å². The number of rotatable bonds is 6. The number of aliphatic hydroxyl groups excluding tert-OH is 1. The Morgan fingerprint density at radius 2 is 1.86 bits per heavy atom. The van der Waals surface area contributed by atoms with Crippen molar-refractivity contribution < 1.29 is 23.0 Å². The molecule has 0 unspecified atom stereocenters. The first-order valence-electron chi connectivity index (χ1n) is 9.39. The van der Waals surface area contributed by atoms with Gasteiger partial charge < -0.3 is 14.6 Å². The van der Waals surface area contributed by atoms with E-state index >= 15 is 0 Å². The van der Waals surface area contributed by atoms with Crippen molar-refractivity contribution in [2.24, 2.45) is 0 Å². The molecule has 0 saturated heterocycles. The maximum atomic E-state index is 13.0. The molecule has 0 amide bonds. The van der Waals surface area contributed by atoms with Crippen molar-refractivity contribution in [2.45, 2.75) is 30.8 Å². The van der Waals surface area contributed by atoms with E-state index in [9.17, 15) is 8.42 Å². The van der Waals surface area contributed by atoms with Crippen LogP contribution in [0.3, 0.4) is 0 Å². The zero-order valence-electron chi connectivity index (χ0n) is 16.3. The first kappa shape index (κ1) is 19.5. The van der Waals surface area contributed by atoms with Crippen LogP contribution in [0.4, 0.5) is 5.69 Å². The lowest BCUT2D eigenvalue weighted by Crippen LogP contribution is -2.24.